The molecule has 34 heavy (non-hydrogen) atoms. The number of nitrogens with one attached hydrogen (secondary N) is 3. The van der Waals surface area contributed by atoms with Crippen LogP contribution in [0.4, 0.5) is 0 Å². The summed E-state index contributed by atoms with van der Waals surface area (Å²) in [6, 6.07) is 7.68. The molecule has 0 radical (unpaired) electrons. The Labute approximate surface area is 200 Å². The van der Waals surface area contributed by atoms with E-state index in [-0.39, 0.29) is 0 Å². The highest BCUT2D eigenvalue weighted by atomic mass is 16.5. The second kappa shape index (κ2) is 10.7. The summed E-state index contributed by atoms with van der Waals surface area (Å²) in [7, 11) is 2.72. The van der Waals surface area contributed by atoms with Gasteiger partial charge in [0.15, 0.2) is 6.04 Å². The molecule has 0 heterocycles. The largest absolute Gasteiger partial charge is 0.357 e. The number of hydrogen-bond acceptors (Lipinski definition) is 5. The summed E-state index contributed by atoms with van der Waals surface area (Å²) in [5.41, 5.74) is 3.42. The molecular weight excluding hydrogens is 432 g/mol. The first kappa shape index (κ1) is 25.2. The van der Waals surface area contributed by atoms with Gasteiger partial charge in [-0.2, -0.15) is 0 Å². The second-order valence-corrected chi connectivity index (χ2v) is 9.06. The average Bonchev–Trinajstić information content (AvgIpc) is 3.67. The van der Waals surface area contributed by atoms with E-state index in [4.69, 9.17) is 5.21 Å². The fourth-order valence-electron chi connectivity index (χ4n) is 3.87. The van der Waals surface area contributed by atoms with E-state index in [1.165, 1.54) is 38.0 Å². The van der Waals surface area contributed by atoms with Crippen LogP contribution >= 0.6 is 0 Å². The zero-order valence-electron chi connectivity index (χ0n) is 20.0. The van der Waals surface area contributed by atoms with Crippen LogP contribution in [0.1, 0.15) is 50.3 Å². The van der Waals surface area contributed by atoms with Crippen LogP contribution in [-0.4, -0.2) is 54.0 Å². The Balaban J connectivity index is 1.65. The number of likely N-dealkylation sites (N-methyl/N-ethyl adjacent to an activating group) is 2. The minimum Gasteiger partial charge on any atom is -0.357 e. The van der Waals surface area contributed by atoms with Gasteiger partial charge in [-0.1, -0.05) is 36.1 Å². The van der Waals surface area contributed by atoms with Gasteiger partial charge < -0.3 is 15.5 Å². The molecule has 8 nitrogen and oxygen atoms in total. The molecule has 0 aromatic heterocycles. The minimum atomic E-state index is -1.48. The van der Waals surface area contributed by atoms with E-state index in [9.17, 15) is 14.4 Å². The highest BCUT2D eigenvalue weighted by molar-refractivity contribution is 6.07. The Kier molecular flexibility index (Phi) is 7.92. The molecule has 1 saturated carbocycles. The molecule has 3 atom stereocenters. The Morgan fingerprint density at radius 1 is 1.15 bits per heavy atom. The zero-order valence-corrected chi connectivity index (χ0v) is 20.0. The van der Waals surface area contributed by atoms with Gasteiger partial charge in [-0.05, 0) is 56.9 Å². The molecule has 8 heteroatoms. The minimum absolute atomic E-state index is 0.318. The van der Waals surface area contributed by atoms with Crippen LogP contribution in [0.2, 0.25) is 0 Å². The lowest BCUT2D eigenvalue weighted by Crippen LogP contribution is -2.57. The lowest BCUT2D eigenvalue weighted by Gasteiger charge is -2.34. The quantitative estimate of drug-likeness (QED) is 0.213. The van der Waals surface area contributed by atoms with E-state index in [1.54, 1.807) is 19.1 Å². The Morgan fingerprint density at radius 2 is 1.82 bits per heavy atom. The van der Waals surface area contributed by atoms with Crippen molar-refractivity contribution >= 4 is 17.7 Å². The Bertz CT molecular complexity index is 1050. The smallest absolute Gasteiger partial charge is 0.275 e. The molecule has 0 bridgehead atoms. The molecule has 3 rings (SSSR count). The number of nitrogens with zero attached hydrogens (tertiary/aromatic N) is 1. The summed E-state index contributed by atoms with van der Waals surface area (Å²) >= 11 is 0. The summed E-state index contributed by atoms with van der Waals surface area (Å²) in [4.78, 5) is 38.2. The van der Waals surface area contributed by atoms with Gasteiger partial charge in [0, 0.05) is 37.3 Å². The van der Waals surface area contributed by atoms with Crippen LogP contribution in [0.25, 0.3) is 0 Å². The topological polar surface area (TPSA) is 111 Å². The van der Waals surface area contributed by atoms with Crippen LogP contribution in [-0.2, 0) is 14.4 Å². The van der Waals surface area contributed by atoms with Crippen molar-refractivity contribution in [2.24, 2.45) is 5.41 Å². The molecule has 2 aliphatic rings. The van der Waals surface area contributed by atoms with Gasteiger partial charge >= 0.3 is 0 Å². The van der Waals surface area contributed by atoms with Crippen molar-refractivity contribution in [3.63, 3.8) is 0 Å². The predicted molar refractivity (Wildman–Crippen MR) is 128 cm³/mol. The first-order chi connectivity index (χ1) is 16.2. The third-order valence-corrected chi connectivity index (χ3v) is 6.25. The van der Waals surface area contributed by atoms with E-state index in [0.717, 1.165) is 16.0 Å². The van der Waals surface area contributed by atoms with Crippen LogP contribution < -0.4 is 16.1 Å². The third kappa shape index (κ3) is 5.93. The molecule has 4 N–H and O–H groups in total. The predicted octanol–water partition coefficient (Wildman–Crippen LogP) is 1.82. The highest BCUT2D eigenvalue weighted by Crippen LogP contribution is 2.32. The molecule has 1 aromatic carbocycles. The molecule has 3 amide bonds. The number of carbonyl (C=O) groups is 3. The normalized spacial score (nSPS) is 20.8. The molecule has 0 aliphatic heterocycles. The fourth-order valence-corrected chi connectivity index (χ4v) is 3.87. The van der Waals surface area contributed by atoms with Gasteiger partial charge in [-0.3, -0.25) is 19.6 Å². The van der Waals surface area contributed by atoms with Crippen molar-refractivity contribution in [1.29, 1.82) is 0 Å². The summed E-state index contributed by atoms with van der Waals surface area (Å²) in [6.07, 6.45) is 8.26. The van der Waals surface area contributed by atoms with Crippen LogP contribution in [0.15, 0.2) is 48.1 Å². The molecule has 0 saturated heterocycles. The van der Waals surface area contributed by atoms with Gasteiger partial charge in [-0.25, -0.2) is 5.48 Å². The zero-order chi connectivity index (χ0) is 24.9. The van der Waals surface area contributed by atoms with E-state index in [2.05, 4.69) is 41.5 Å². The number of rotatable bonds is 7. The van der Waals surface area contributed by atoms with Crippen LogP contribution in [0, 0.1) is 17.3 Å². The van der Waals surface area contributed by atoms with Gasteiger partial charge in [0.2, 0.25) is 5.91 Å². The molecule has 1 fully saturated rings. The van der Waals surface area contributed by atoms with Crippen molar-refractivity contribution < 1.29 is 19.6 Å². The number of allylic oxidation sites excluding steroid dienone is 3. The molecule has 2 aliphatic carbocycles. The number of amides is 3. The Morgan fingerprint density at radius 3 is 2.35 bits per heavy atom. The summed E-state index contributed by atoms with van der Waals surface area (Å²) in [5.74, 6) is 4.19. The maximum Gasteiger partial charge on any atom is 0.275 e. The fraction of sp³-hybridized carbons (Fsp3) is 0.423. The van der Waals surface area contributed by atoms with Crippen molar-refractivity contribution in [3.05, 3.63) is 59.2 Å². The van der Waals surface area contributed by atoms with Crippen molar-refractivity contribution in [3.8, 4) is 11.8 Å². The van der Waals surface area contributed by atoms with Crippen molar-refractivity contribution in [1.82, 2.24) is 21.0 Å². The average molecular weight is 465 g/mol. The standard InChI is InChI=1S/C26H32N4O4/c1-17(28-21-11-12-21)20-9-7-18(8-10-20)5-6-19-13-15-26(2,16-14-19)25(33)30(4)22(23(31)27-3)24(32)29-34/h7-10,13-15,17,21-22,28,34H,11-12,16H2,1-4H3,(H,27,31)(H,29,32)/t17?,22?,26-/m1/s1. The molecular formula is C26H32N4O4. The molecule has 2 unspecified atom stereocenters. The summed E-state index contributed by atoms with van der Waals surface area (Å²) < 4.78 is 0. The van der Waals surface area contributed by atoms with Crippen molar-refractivity contribution in [2.75, 3.05) is 14.1 Å². The molecule has 1 aromatic rings. The maximum atomic E-state index is 13.1. The van der Waals surface area contributed by atoms with Gasteiger partial charge in [-0.15, -0.1) is 0 Å². The number of hydrogen-bond donors (Lipinski definition) is 4. The van der Waals surface area contributed by atoms with Crippen LogP contribution in [0.5, 0.6) is 0 Å². The highest BCUT2D eigenvalue weighted by Gasteiger charge is 2.40. The monoisotopic (exact) mass is 464 g/mol. The second-order valence-electron chi connectivity index (χ2n) is 9.06. The lowest BCUT2D eigenvalue weighted by molar-refractivity contribution is -0.152. The van der Waals surface area contributed by atoms with Gasteiger partial charge in [0.25, 0.3) is 11.8 Å². The molecule has 0 spiro atoms. The summed E-state index contributed by atoms with van der Waals surface area (Å²) in [6.45, 7) is 3.90. The van der Waals surface area contributed by atoms with E-state index >= 15 is 0 Å². The maximum absolute atomic E-state index is 13.1. The lowest BCUT2D eigenvalue weighted by atomic mass is 9.80. The molecule has 180 valence electrons. The van der Waals surface area contributed by atoms with E-state index < -0.39 is 29.2 Å². The SMILES string of the molecule is CNC(=O)C(C(=O)NO)N(C)C(=O)[C@]1(C)C=CC(C#Cc2ccc(C(C)NC3CC3)cc2)=CC1. The van der Waals surface area contributed by atoms with Gasteiger partial charge in [0.05, 0.1) is 5.41 Å². The first-order valence-corrected chi connectivity index (χ1v) is 11.4. The third-order valence-electron chi connectivity index (χ3n) is 6.25. The summed E-state index contributed by atoms with van der Waals surface area (Å²) in [5, 5.41) is 14.9. The van der Waals surface area contributed by atoms with E-state index in [1.807, 2.05) is 18.2 Å². The van der Waals surface area contributed by atoms with Crippen molar-refractivity contribution in [2.45, 2.75) is 51.2 Å². The number of hydroxylamine groups is 1. The number of carbonyl (C=O) groups excluding carboxylic acids is 3. The van der Waals surface area contributed by atoms with Crippen LogP contribution in [0.3, 0.4) is 0 Å². The first-order valence-electron chi connectivity index (χ1n) is 11.4. The Hall–Kier alpha value is -3.41. The van der Waals surface area contributed by atoms with Gasteiger partial charge in [0.1, 0.15) is 0 Å². The van der Waals surface area contributed by atoms with E-state index in [0.29, 0.717) is 18.5 Å². The number of benzene rings is 1.